The van der Waals surface area contributed by atoms with Gasteiger partial charge in [0.05, 0.1) is 18.2 Å². The van der Waals surface area contributed by atoms with Crippen molar-refractivity contribution in [3.05, 3.63) is 69.2 Å². The highest BCUT2D eigenvalue weighted by Crippen LogP contribution is 2.40. The number of nitrogens with zero attached hydrogens (tertiary/aromatic N) is 1. The van der Waals surface area contributed by atoms with Gasteiger partial charge in [-0.05, 0) is 60.7 Å². The van der Waals surface area contributed by atoms with E-state index in [4.69, 9.17) is 9.47 Å². The van der Waals surface area contributed by atoms with Gasteiger partial charge in [-0.25, -0.2) is 0 Å². The lowest BCUT2D eigenvalue weighted by Crippen LogP contribution is -2.31. The third kappa shape index (κ3) is 5.65. The quantitative estimate of drug-likeness (QED) is 0.213. The number of ketones is 1. The van der Waals surface area contributed by atoms with E-state index in [9.17, 15) is 14.7 Å². The number of aliphatic hydroxyl groups excluding tert-OH is 1. The van der Waals surface area contributed by atoms with Gasteiger partial charge in [-0.2, -0.15) is 0 Å². The molecule has 7 heteroatoms. The average Bonchev–Trinajstić information content (AvgIpc) is 3.03. The highest BCUT2D eigenvalue weighted by molar-refractivity contribution is 9.10. The predicted molar refractivity (Wildman–Crippen MR) is 131 cm³/mol. The van der Waals surface area contributed by atoms with Gasteiger partial charge >= 0.3 is 0 Å². The summed E-state index contributed by atoms with van der Waals surface area (Å²) in [6.07, 6.45) is 0.581. The molecule has 1 amide bonds. The SMILES string of the molecule is COCCCN1C(=O)C(=O)/C(=C(/O)c2ccc(OCC(C)C)cc2C)[C@H]1c1ccc(Br)cc1. The molecular formula is C26H30BrNO5. The number of hydrogen-bond donors (Lipinski definition) is 1. The number of Topliss-reactive ketones (excluding diaryl/α,β-unsaturated/α-hetero) is 1. The summed E-state index contributed by atoms with van der Waals surface area (Å²) in [7, 11) is 1.59. The molecule has 0 bridgehead atoms. The summed E-state index contributed by atoms with van der Waals surface area (Å²) in [6.45, 7) is 7.38. The van der Waals surface area contributed by atoms with E-state index in [1.807, 2.05) is 37.3 Å². The van der Waals surface area contributed by atoms with Gasteiger partial charge in [0.1, 0.15) is 11.5 Å². The minimum Gasteiger partial charge on any atom is -0.507 e. The van der Waals surface area contributed by atoms with Crippen LogP contribution in [0.4, 0.5) is 0 Å². The number of amides is 1. The number of halogens is 1. The van der Waals surface area contributed by atoms with Crippen molar-refractivity contribution < 1.29 is 24.2 Å². The Balaban J connectivity index is 2.05. The smallest absolute Gasteiger partial charge is 0.295 e. The summed E-state index contributed by atoms with van der Waals surface area (Å²) in [5.74, 6) is -0.392. The highest BCUT2D eigenvalue weighted by atomic mass is 79.9. The fraction of sp³-hybridized carbons (Fsp3) is 0.385. The maximum absolute atomic E-state index is 13.1. The van der Waals surface area contributed by atoms with E-state index in [2.05, 4.69) is 29.8 Å². The molecule has 0 spiro atoms. The third-order valence-corrected chi connectivity index (χ3v) is 6.04. The largest absolute Gasteiger partial charge is 0.507 e. The Kier molecular flexibility index (Phi) is 8.32. The second-order valence-electron chi connectivity index (χ2n) is 8.57. The Labute approximate surface area is 203 Å². The predicted octanol–water partition coefficient (Wildman–Crippen LogP) is 5.25. The molecule has 1 atom stereocenters. The molecule has 1 fully saturated rings. The normalized spacial score (nSPS) is 17.8. The number of aryl methyl sites for hydroxylation is 1. The molecule has 176 valence electrons. The molecule has 2 aromatic rings. The first-order valence-corrected chi connectivity index (χ1v) is 11.8. The van der Waals surface area contributed by atoms with Crippen LogP contribution in [0.25, 0.3) is 5.76 Å². The zero-order valence-corrected chi connectivity index (χ0v) is 21.0. The molecule has 0 aromatic heterocycles. The number of carbonyl (C=O) groups excluding carboxylic acids is 2. The van der Waals surface area contributed by atoms with Crippen LogP contribution in [-0.4, -0.2) is 48.6 Å². The molecule has 33 heavy (non-hydrogen) atoms. The van der Waals surface area contributed by atoms with Crippen molar-refractivity contribution in [3.63, 3.8) is 0 Å². The molecule has 1 saturated heterocycles. The first-order chi connectivity index (χ1) is 15.7. The number of rotatable bonds is 9. The van der Waals surface area contributed by atoms with E-state index >= 15 is 0 Å². The Morgan fingerprint density at radius 3 is 2.45 bits per heavy atom. The zero-order valence-electron chi connectivity index (χ0n) is 19.4. The molecule has 0 unspecified atom stereocenters. The number of hydrogen-bond acceptors (Lipinski definition) is 5. The van der Waals surface area contributed by atoms with Crippen molar-refractivity contribution in [2.75, 3.05) is 26.9 Å². The van der Waals surface area contributed by atoms with Gasteiger partial charge in [0, 0.05) is 30.3 Å². The van der Waals surface area contributed by atoms with Crippen LogP contribution >= 0.6 is 15.9 Å². The molecule has 1 heterocycles. The minimum atomic E-state index is -0.683. The first kappa shape index (κ1) is 25.0. The maximum Gasteiger partial charge on any atom is 0.295 e. The van der Waals surface area contributed by atoms with E-state index in [1.54, 1.807) is 19.2 Å². The van der Waals surface area contributed by atoms with Crippen molar-refractivity contribution >= 4 is 33.4 Å². The molecule has 2 aromatic carbocycles. The fourth-order valence-corrected chi connectivity index (χ4v) is 4.15. The van der Waals surface area contributed by atoms with Gasteiger partial charge < -0.3 is 19.5 Å². The monoisotopic (exact) mass is 515 g/mol. The van der Waals surface area contributed by atoms with Gasteiger partial charge in [-0.15, -0.1) is 0 Å². The first-order valence-electron chi connectivity index (χ1n) is 11.0. The van der Waals surface area contributed by atoms with E-state index in [0.717, 1.165) is 15.6 Å². The van der Waals surface area contributed by atoms with Gasteiger partial charge in [-0.3, -0.25) is 9.59 Å². The van der Waals surface area contributed by atoms with Crippen molar-refractivity contribution in [2.24, 2.45) is 5.92 Å². The topological polar surface area (TPSA) is 76.1 Å². The molecule has 1 aliphatic heterocycles. The van der Waals surface area contributed by atoms with E-state index in [1.165, 1.54) is 4.90 Å². The summed E-state index contributed by atoms with van der Waals surface area (Å²) in [5, 5.41) is 11.3. The summed E-state index contributed by atoms with van der Waals surface area (Å²) in [4.78, 5) is 27.6. The number of benzene rings is 2. The number of likely N-dealkylation sites (tertiary alicyclic amines) is 1. The zero-order chi connectivity index (χ0) is 24.1. The van der Waals surface area contributed by atoms with Gasteiger partial charge in [0.2, 0.25) is 0 Å². The molecule has 0 radical (unpaired) electrons. The molecule has 6 nitrogen and oxygen atoms in total. The summed E-state index contributed by atoms with van der Waals surface area (Å²) < 4.78 is 11.8. The van der Waals surface area contributed by atoms with Crippen molar-refractivity contribution in [1.82, 2.24) is 4.90 Å². The Morgan fingerprint density at radius 1 is 1.15 bits per heavy atom. The lowest BCUT2D eigenvalue weighted by Gasteiger charge is -2.25. The molecule has 0 aliphatic carbocycles. The summed E-state index contributed by atoms with van der Waals surface area (Å²) >= 11 is 3.43. The van der Waals surface area contributed by atoms with Crippen molar-refractivity contribution in [3.8, 4) is 5.75 Å². The van der Waals surface area contributed by atoms with Crippen LogP contribution in [0.1, 0.15) is 43.0 Å². The Morgan fingerprint density at radius 2 is 1.85 bits per heavy atom. The molecule has 3 rings (SSSR count). The summed E-state index contributed by atoms with van der Waals surface area (Å²) in [6, 6.07) is 12.1. The van der Waals surface area contributed by atoms with Crippen molar-refractivity contribution in [2.45, 2.75) is 33.2 Å². The second-order valence-corrected chi connectivity index (χ2v) is 9.49. The second kappa shape index (κ2) is 11.0. The standard InChI is InChI=1S/C26H30BrNO5/c1-16(2)15-33-20-10-11-21(17(3)14-20)24(29)22-23(18-6-8-19(27)9-7-18)28(12-5-13-32-4)26(31)25(22)30/h6-11,14,16,23,29H,5,12-13,15H2,1-4H3/b24-22+/t23-/m1/s1. The summed E-state index contributed by atoms with van der Waals surface area (Å²) in [5.41, 5.74) is 2.11. The van der Waals surface area contributed by atoms with Crippen molar-refractivity contribution in [1.29, 1.82) is 0 Å². The molecule has 1 N–H and O–H groups in total. The van der Waals surface area contributed by atoms with Crippen LogP contribution in [0.2, 0.25) is 0 Å². The fourth-order valence-electron chi connectivity index (χ4n) is 3.88. The van der Waals surface area contributed by atoms with Crippen LogP contribution in [0.5, 0.6) is 5.75 Å². The Hall–Kier alpha value is -2.64. The van der Waals surface area contributed by atoms with Crippen LogP contribution in [0.15, 0.2) is 52.5 Å². The van der Waals surface area contributed by atoms with E-state index < -0.39 is 17.7 Å². The number of methoxy groups -OCH3 is 1. The number of aliphatic hydroxyl groups is 1. The third-order valence-electron chi connectivity index (χ3n) is 5.51. The van der Waals surface area contributed by atoms with Crippen LogP contribution in [0.3, 0.4) is 0 Å². The number of ether oxygens (including phenoxy) is 2. The lowest BCUT2D eigenvalue weighted by molar-refractivity contribution is -0.140. The number of carbonyl (C=O) groups is 2. The lowest BCUT2D eigenvalue weighted by atomic mass is 9.94. The van der Waals surface area contributed by atoms with Crippen LogP contribution in [-0.2, 0) is 14.3 Å². The van der Waals surface area contributed by atoms with Crippen LogP contribution < -0.4 is 4.74 Å². The van der Waals surface area contributed by atoms with Gasteiger partial charge in [-0.1, -0.05) is 41.9 Å². The molecule has 1 aliphatic rings. The highest BCUT2D eigenvalue weighted by Gasteiger charge is 2.45. The van der Waals surface area contributed by atoms with Gasteiger partial charge in [0.25, 0.3) is 11.7 Å². The maximum atomic E-state index is 13.1. The molecule has 0 saturated carbocycles. The van der Waals surface area contributed by atoms with Crippen LogP contribution in [0, 0.1) is 12.8 Å². The Bertz CT molecular complexity index is 1050. The van der Waals surface area contributed by atoms with Gasteiger partial charge in [0.15, 0.2) is 0 Å². The van der Waals surface area contributed by atoms with E-state index in [-0.39, 0.29) is 11.3 Å². The van der Waals surface area contributed by atoms with E-state index in [0.29, 0.717) is 43.4 Å². The average molecular weight is 516 g/mol. The minimum absolute atomic E-state index is 0.0960. The molecular weight excluding hydrogens is 486 g/mol.